The zero-order chi connectivity index (χ0) is 23.5. The molecule has 0 bridgehead atoms. The zero-order valence-corrected chi connectivity index (χ0v) is 17.9. The number of hydrogen-bond donors (Lipinski definition) is 1. The molecular weight excluding hydrogens is 428 g/mol. The molecule has 0 aliphatic rings. The van der Waals surface area contributed by atoms with Crippen LogP contribution in [0.3, 0.4) is 0 Å². The van der Waals surface area contributed by atoms with Gasteiger partial charge in [-0.3, -0.25) is 9.89 Å². The lowest BCUT2D eigenvalue weighted by Crippen LogP contribution is -2.27. The number of nitriles is 1. The fourth-order valence-corrected chi connectivity index (χ4v) is 3.60. The third-order valence-corrected chi connectivity index (χ3v) is 5.16. The Morgan fingerprint density at radius 3 is 2.79 bits per heavy atom. The van der Waals surface area contributed by atoms with Crippen molar-refractivity contribution < 1.29 is 18.3 Å². The second-order valence-electron chi connectivity index (χ2n) is 7.34. The maximum Gasteiger partial charge on any atom is 0.257 e. The highest BCUT2D eigenvalue weighted by atomic mass is 19.1. The van der Waals surface area contributed by atoms with Gasteiger partial charge in [-0.15, -0.1) is 0 Å². The number of aromatic nitrogens is 3. The number of fused-ring (bicyclic) bond motifs is 1. The van der Waals surface area contributed by atoms with E-state index in [0.717, 1.165) is 0 Å². The van der Waals surface area contributed by atoms with Gasteiger partial charge in [-0.25, -0.2) is 13.8 Å². The number of pyridine rings is 1. The highest BCUT2D eigenvalue weighted by Gasteiger charge is 2.22. The summed E-state index contributed by atoms with van der Waals surface area (Å²) in [5.74, 6) is -1.51. The Kier molecular flexibility index (Phi) is 6.00. The number of nitrogens with one attached hydrogen (secondary N) is 1. The van der Waals surface area contributed by atoms with Gasteiger partial charge < -0.3 is 9.64 Å². The van der Waals surface area contributed by atoms with Crippen molar-refractivity contribution in [3.63, 3.8) is 0 Å². The van der Waals surface area contributed by atoms with E-state index in [2.05, 4.69) is 15.2 Å². The molecule has 0 fully saturated rings. The molecule has 1 amide bonds. The average molecular weight is 447 g/mol. The lowest BCUT2D eigenvalue weighted by Gasteiger charge is -2.19. The molecule has 0 aliphatic heterocycles. The molecule has 166 valence electrons. The van der Waals surface area contributed by atoms with E-state index in [-0.39, 0.29) is 30.2 Å². The number of carbonyl (C=O) groups excluding carboxylic acids is 1. The van der Waals surface area contributed by atoms with Crippen LogP contribution in [0.1, 0.15) is 28.5 Å². The molecule has 0 unspecified atom stereocenters. The predicted molar refractivity (Wildman–Crippen MR) is 117 cm³/mol. The number of H-pyrrole nitrogens is 1. The highest BCUT2D eigenvalue weighted by molar-refractivity contribution is 5.96. The molecule has 0 radical (unpaired) electrons. The van der Waals surface area contributed by atoms with E-state index in [1.54, 1.807) is 13.0 Å². The second-order valence-corrected chi connectivity index (χ2v) is 7.34. The average Bonchev–Trinajstić information content (AvgIpc) is 3.30. The van der Waals surface area contributed by atoms with Gasteiger partial charge >= 0.3 is 0 Å². The Hall–Kier alpha value is -4.32. The quantitative estimate of drug-likeness (QED) is 0.471. The number of rotatable bonds is 6. The third-order valence-electron chi connectivity index (χ3n) is 5.16. The normalized spacial score (nSPS) is 10.8. The van der Waals surface area contributed by atoms with Gasteiger partial charge in [0.25, 0.3) is 5.91 Å². The molecule has 4 aromatic rings. The van der Waals surface area contributed by atoms with Crippen LogP contribution in [0.2, 0.25) is 0 Å². The predicted octanol–water partition coefficient (Wildman–Crippen LogP) is 4.45. The first-order valence-corrected chi connectivity index (χ1v) is 10.1. The minimum atomic E-state index is -0.751. The molecule has 0 saturated carbocycles. The number of halogens is 2. The molecule has 1 N–H and O–H groups in total. The Bertz CT molecular complexity index is 1390. The number of nitrogens with zero attached hydrogens (tertiary/aromatic N) is 4. The SMILES string of the molecule is CCOc1cc(C(=O)N(C)Cc2cnc(C#N)c3cn[nH]c23)c(F)cc1-c1cccc(F)c1. The van der Waals surface area contributed by atoms with Crippen LogP contribution in [0.15, 0.2) is 48.8 Å². The number of benzene rings is 2. The molecule has 7 nitrogen and oxygen atoms in total. The summed E-state index contributed by atoms with van der Waals surface area (Å²) in [5.41, 5.74) is 2.04. The van der Waals surface area contributed by atoms with Crippen molar-refractivity contribution in [2.75, 3.05) is 13.7 Å². The van der Waals surface area contributed by atoms with Crippen molar-refractivity contribution in [1.29, 1.82) is 5.26 Å². The van der Waals surface area contributed by atoms with Crippen LogP contribution < -0.4 is 4.74 Å². The van der Waals surface area contributed by atoms with E-state index in [1.165, 1.54) is 54.7 Å². The van der Waals surface area contributed by atoms with Gasteiger partial charge in [0.2, 0.25) is 0 Å². The number of aromatic amines is 1. The van der Waals surface area contributed by atoms with E-state index < -0.39 is 17.5 Å². The van der Waals surface area contributed by atoms with Crippen molar-refractivity contribution in [2.45, 2.75) is 13.5 Å². The maximum atomic E-state index is 15.0. The van der Waals surface area contributed by atoms with Gasteiger partial charge in [0.1, 0.15) is 23.5 Å². The summed E-state index contributed by atoms with van der Waals surface area (Å²) in [6, 6.07) is 10.2. The van der Waals surface area contributed by atoms with Crippen LogP contribution in [0.5, 0.6) is 5.75 Å². The number of amides is 1. The van der Waals surface area contributed by atoms with Gasteiger partial charge in [0, 0.05) is 30.9 Å². The van der Waals surface area contributed by atoms with Crippen LogP contribution in [0.4, 0.5) is 8.78 Å². The Balaban J connectivity index is 1.67. The largest absolute Gasteiger partial charge is 0.493 e. The standard InChI is InChI=1S/C24H19F2N5O2/c1-3-33-22-9-18(20(26)8-17(22)14-5-4-6-16(25)7-14)24(32)31(2)13-15-11-28-21(10-27)19-12-29-30-23(15)19/h4-9,11-12H,3,13H2,1-2H3,(H,29,30). The molecule has 0 atom stereocenters. The summed E-state index contributed by atoms with van der Waals surface area (Å²) in [7, 11) is 1.53. The van der Waals surface area contributed by atoms with Crippen LogP contribution in [0.25, 0.3) is 22.0 Å². The van der Waals surface area contributed by atoms with E-state index in [9.17, 15) is 14.4 Å². The van der Waals surface area contributed by atoms with Crippen molar-refractivity contribution in [2.24, 2.45) is 0 Å². The molecule has 0 aliphatic carbocycles. The molecule has 0 spiro atoms. The first-order valence-electron chi connectivity index (χ1n) is 10.1. The molecule has 2 aromatic heterocycles. The van der Waals surface area contributed by atoms with Crippen LogP contribution in [-0.4, -0.2) is 39.6 Å². The van der Waals surface area contributed by atoms with Crippen LogP contribution in [-0.2, 0) is 6.54 Å². The summed E-state index contributed by atoms with van der Waals surface area (Å²) >= 11 is 0. The summed E-state index contributed by atoms with van der Waals surface area (Å²) in [6.07, 6.45) is 2.98. The molecule has 0 saturated heterocycles. The first kappa shape index (κ1) is 21.9. The van der Waals surface area contributed by atoms with Gasteiger partial charge in [0.15, 0.2) is 5.69 Å². The Morgan fingerprint density at radius 1 is 1.24 bits per heavy atom. The van der Waals surface area contributed by atoms with Crippen molar-refractivity contribution >= 4 is 16.8 Å². The monoisotopic (exact) mass is 447 g/mol. The third kappa shape index (κ3) is 4.23. The van der Waals surface area contributed by atoms with E-state index in [0.29, 0.717) is 27.6 Å². The lowest BCUT2D eigenvalue weighted by molar-refractivity contribution is 0.0780. The molecule has 2 aromatic carbocycles. The van der Waals surface area contributed by atoms with Gasteiger partial charge in [-0.05, 0) is 36.8 Å². The Labute approximate surface area is 188 Å². The number of ether oxygens (including phenoxy) is 1. The zero-order valence-electron chi connectivity index (χ0n) is 17.9. The lowest BCUT2D eigenvalue weighted by atomic mass is 10.0. The molecule has 2 heterocycles. The fraction of sp³-hybridized carbons (Fsp3) is 0.167. The summed E-state index contributed by atoms with van der Waals surface area (Å²) in [6.45, 7) is 2.15. The van der Waals surface area contributed by atoms with Crippen LogP contribution >= 0.6 is 0 Å². The summed E-state index contributed by atoms with van der Waals surface area (Å²) in [5, 5.41) is 16.5. The minimum Gasteiger partial charge on any atom is -0.493 e. The number of hydrogen-bond acceptors (Lipinski definition) is 5. The molecule has 9 heteroatoms. The molecule has 4 rings (SSSR count). The second kappa shape index (κ2) is 9.04. The van der Waals surface area contributed by atoms with E-state index in [4.69, 9.17) is 4.74 Å². The van der Waals surface area contributed by atoms with E-state index >= 15 is 4.39 Å². The van der Waals surface area contributed by atoms with Crippen molar-refractivity contribution in [1.82, 2.24) is 20.1 Å². The minimum absolute atomic E-state index is 0.102. The first-order chi connectivity index (χ1) is 15.9. The van der Waals surface area contributed by atoms with Crippen molar-refractivity contribution in [3.05, 3.63) is 77.2 Å². The van der Waals surface area contributed by atoms with Crippen LogP contribution in [0, 0.1) is 23.0 Å². The van der Waals surface area contributed by atoms with Gasteiger partial charge in [0.05, 0.1) is 29.3 Å². The van der Waals surface area contributed by atoms with Gasteiger partial charge in [-0.2, -0.15) is 10.4 Å². The van der Waals surface area contributed by atoms with E-state index in [1.807, 2.05) is 6.07 Å². The van der Waals surface area contributed by atoms with Gasteiger partial charge in [-0.1, -0.05) is 12.1 Å². The smallest absolute Gasteiger partial charge is 0.257 e. The highest BCUT2D eigenvalue weighted by Crippen LogP contribution is 2.33. The number of carbonyl (C=O) groups is 1. The van der Waals surface area contributed by atoms with Crippen molar-refractivity contribution in [3.8, 4) is 22.9 Å². The fourth-order valence-electron chi connectivity index (χ4n) is 3.60. The summed E-state index contributed by atoms with van der Waals surface area (Å²) in [4.78, 5) is 18.5. The molecule has 33 heavy (non-hydrogen) atoms. The maximum absolute atomic E-state index is 15.0. The topological polar surface area (TPSA) is 94.9 Å². The Morgan fingerprint density at radius 2 is 2.06 bits per heavy atom. The summed E-state index contributed by atoms with van der Waals surface area (Å²) < 4.78 is 34.4. The molecular formula is C24H19F2N5O2.